The molecule has 3 rings (SSSR count). The summed E-state index contributed by atoms with van der Waals surface area (Å²) >= 11 is 0. The van der Waals surface area contributed by atoms with Crippen LogP contribution in [0.1, 0.15) is 37.3 Å². The first kappa shape index (κ1) is 10.0. The Balaban J connectivity index is 1.77. The average molecular weight is 219 g/mol. The van der Waals surface area contributed by atoms with Crippen molar-refractivity contribution < 1.29 is 5.11 Å². The topological polar surface area (TPSA) is 49.2 Å². The second kappa shape index (κ2) is 4.01. The van der Waals surface area contributed by atoms with Crippen LogP contribution < -0.4 is 4.90 Å². The van der Waals surface area contributed by atoms with E-state index < -0.39 is 0 Å². The molecule has 1 N–H and O–H groups in total. The van der Waals surface area contributed by atoms with Crippen LogP contribution in [-0.4, -0.2) is 34.5 Å². The number of aromatic nitrogens is 2. The molecule has 0 aromatic carbocycles. The normalized spacial score (nSPS) is 25.1. The molecular formula is C12H17N3O. The third-order valence-electron chi connectivity index (χ3n) is 3.55. The van der Waals surface area contributed by atoms with Crippen molar-refractivity contribution >= 4 is 5.82 Å². The minimum absolute atomic E-state index is 0.214. The van der Waals surface area contributed by atoms with Crippen LogP contribution >= 0.6 is 0 Å². The molecule has 2 aliphatic rings. The number of hydrogen-bond acceptors (Lipinski definition) is 4. The Kier molecular flexibility index (Phi) is 2.52. The van der Waals surface area contributed by atoms with E-state index in [0.29, 0.717) is 5.92 Å². The van der Waals surface area contributed by atoms with Crippen molar-refractivity contribution in [2.75, 3.05) is 18.1 Å². The third kappa shape index (κ3) is 1.78. The van der Waals surface area contributed by atoms with Gasteiger partial charge in [0.2, 0.25) is 0 Å². The molecule has 1 aliphatic heterocycles. The van der Waals surface area contributed by atoms with Gasteiger partial charge in [-0.1, -0.05) is 0 Å². The molecule has 2 heterocycles. The van der Waals surface area contributed by atoms with Gasteiger partial charge in [-0.05, 0) is 37.8 Å². The van der Waals surface area contributed by atoms with E-state index in [4.69, 9.17) is 0 Å². The molecule has 0 spiro atoms. The molecule has 1 saturated carbocycles. The molecule has 1 aromatic rings. The molecule has 0 amide bonds. The third-order valence-corrected chi connectivity index (χ3v) is 3.55. The van der Waals surface area contributed by atoms with Crippen molar-refractivity contribution in [2.45, 2.75) is 37.6 Å². The summed E-state index contributed by atoms with van der Waals surface area (Å²) in [6, 6.07) is 4.38. The van der Waals surface area contributed by atoms with Crippen LogP contribution in [0.5, 0.6) is 0 Å². The van der Waals surface area contributed by atoms with Gasteiger partial charge in [0.25, 0.3) is 0 Å². The fourth-order valence-corrected chi connectivity index (χ4v) is 2.41. The lowest BCUT2D eigenvalue weighted by Crippen LogP contribution is -2.32. The lowest BCUT2D eigenvalue weighted by atomic mass is 10.2. The SMILES string of the molecule is OCC1CCCN1c1ccc(C2CC2)nn1. The maximum absolute atomic E-state index is 9.26. The van der Waals surface area contributed by atoms with Gasteiger partial charge >= 0.3 is 0 Å². The largest absolute Gasteiger partial charge is 0.394 e. The monoisotopic (exact) mass is 219 g/mol. The van der Waals surface area contributed by atoms with Crippen molar-refractivity contribution in [2.24, 2.45) is 0 Å². The molecule has 2 fully saturated rings. The zero-order valence-corrected chi connectivity index (χ0v) is 9.34. The van der Waals surface area contributed by atoms with Crippen LogP contribution in [0.25, 0.3) is 0 Å². The van der Waals surface area contributed by atoms with Crippen molar-refractivity contribution in [3.8, 4) is 0 Å². The minimum Gasteiger partial charge on any atom is -0.394 e. The van der Waals surface area contributed by atoms with Gasteiger partial charge in [0.15, 0.2) is 5.82 Å². The van der Waals surface area contributed by atoms with Crippen molar-refractivity contribution in [3.63, 3.8) is 0 Å². The van der Waals surface area contributed by atoms with Gasteiger partial charge in [-0.2, -0.15) is 5.10 Å². The predicted molar refractivity (Wildman–Crippen MR) is 61.5 cm³/mol. The van der Waals surface area contributed by atoms with Crippen molar-refractivity contribution in [1.29, 1.82) is 0 Å². The summed E-state index contributed by atoms with van der Waals surface area (Å²) < 4.78 is 0. The minimum atomic E-state index is 0.214. The molecule has 86 valence electrons. The quantitative estimate of drug-likeness (QED) is 0.833. The van der Waals surface area contributed by atoms with E-state index in [1.165, 1.54) is 12.8 Å². The summed E-state index contributed by atoms with van der Waals surface area (Å²) in [4.78, 5) is 2.17. The number of aliphatic hydroxyl groups excluding tert-OH is 1. The highest BCUT2D eigenvalue weighted by atomic mass is 16.3. The maximum Gasteiger partial charge on any atom is 0.151 e. The van der Waals surface area contributed by atoms with E-state index in [0.717, 1.165) is 30.9 Å². The van der Waals surface area contributed by atoms with E-state index in [1.54, 1.807) is 0 Å². The number of aliphatic hydroxyl groups is 1. The molecule has 1 atom stereocenters. The Morgan fingerprint density at radius 2 is 2.12 bits per heavy atom. The van der Waals surface area contributed by atoms with Gasteiger partial charge in [0.1, 0.15) is 0 Å². The second-order valence-corrected chi connectivity index (χ2v) is 4.76. The highest BCUT2D eigenvalue weighted by Crippen LogP contribution is 2.38. The lowest BCUT2D eigenvalue weighted by molar-refractivity contribution is 0.266. The molecule has 1 aromatic heterocycles. The van der Waals surface area contributed by atoms with Crippen molar-refractivity contribution in [3.05, 3.63) is 17.8 Å². The zero-order chi connectivity index (χ0) is 11.0. The summed E-state index contributed by atoms with van der Waals surface area (Å²) in [5.41, 5.74) is 1.13. The molecule has 1 unspecified atom stereocenters. The molecule has 4 heteroatoms. The van der Waals surface area contributed by atoms with Crippen LogP contribution in [0.2, 0.25) is 0 Å². The maximum atomic E-state index is 9.26. The van der Waals surface area contributed by atoms with Crippen LogP contribution in [0.3, 0.4) is 0 Å². The summed E-state index contributed by atoms with van der Waals surface area (Å²) in [6.45, 7) is 1.20. The predicted octanol–water partition coefficient (Wildman–Crippen LogP) is 1.32. The number of nitrogens with zero attached hydrogens (tertiary/aromatic N) is 3. The van der Waals surface area contributed by atoms with E-state index in [9.17, 15) is 5.11 Å². The molecule has 16 heavy (non-hydrogen) atoms. The summed E-state index contributed by atoms with van der Waals surface area (Å²) in [6.07, 6.45) is 4.72. The number of rotatable bonds is 3. The van der Waals surface area contributed by atoms with Crippen LogP contribution in [0.4, 0.5) is 5.82 Å². The second-order valence-electron chi connectivity index (χ2n) is 4.76. The highest BCUT2D eigenvalue weighted by molar-refractivity contribution is 5.40. The summed E-state index contributed by atoms with van der Waals surface area (Å²) in [5.74, 6) is 1.58. The van der Waals surface area contributed by atoms with E-state index in [1.807, 2.05) is 0 Å². The Labute approximate surface area is 95.3 Å². The zero-order valence-electron chi connectivity index (χ0n) is 9.34. The van der Waals surface area contributed by atoms with Gasteiger partial charge < -0.3 is 10.0 Å². The average Bonchev–Trinajstić information content (AvgIpc) is 3.07. The molecule has 0 radical (unpaired) electrons. The molecule has 0 bridgehead atoms. The molecule has 4 nitrogen and oxygen atoms in total. The Morgan fingerprint density at radius 3 is 2.75 bits per heavy atom. The van der Waals surface area contributed by atoms with Gasteiger partial charge in [0.05, 0.1) is 18.3 Å². The molecule has 1 aliphatic carbocycles. The number of hydrogen-bond donors (Lipinski definition) is 1. The van der Waals surface area contributed by atoms with Gasteiger partial charge in [-0.25, -0.2) is 0 Å². The fraction of sp³-hybridized carbons (Fsp3) is 0.667. The fourth-order valence-electron chi connectivity index (χ4n) is 2.41. The smallest absolute Gasteiger partial charge is 0.151 e. The highest BCUT2D eigenvalue weighted by Gasteiger charge is 2.27. The van der Waals surface area contributed by atoms with Crippen molar-refractivity contribution in [1.82, 2.24) is 10.2 Å². The Hall–Kier alpha value is -1.16. The lowest BCUT2D eigenvalue weighted by Gasteiger charge is -2.23. The Bertz CT molecular complexity index is 361. The van der Waals surface area contributed by atoms with Gasteiger partial charge in [-0.3, -0.25) is 0 Å². The molecule has 1 saturated heterocycles. The van der Waals surface area contributed by atoms with E-state index in [2.05, 4.69) is 27.2 Å². The number of anilines is 1. The summed E-state index contributed by atoms with van der Waals surface area (Å²) in [7, 11) is 0. The van der Waals surface area contributed by atoms with Crippen LogP contribution in [-0.2, 0) is 0 Å². The van der Waals surface area contributed by atoms with Crippen LogP contribution in [0, 0.1) is 0 Å². The van der Waals surface area contributed by atoms with Crippen LogP contribution in [0.15, 0.2) is 12.1 Å². The Morgan fingerprint density at radius 1 is 1.25 bits per heavy atom. The standard InChI is InChI=1S/C12H17N3O/c16-8-10-2-1-7-15(10)12-6-5-11(13-14-12)9-3-4-9/h5-6,9-10,16H,1-4,7-8H2. The van der Waals surface area contributed by atoms with E-state index >= 15 is 0 Å². The van der Waals surface area contributed by atoms with Gasteiger partial charge in [-0.15, -0.1) is 5.10 Å². The first-order chi connectivity index (χ1) is 7.88. The van der Waals surface area contributed by atoms with E-state index in [-0.39, 0.29) is 12.6 Å². The van der Waals surface area contributed by atoms with Gasteiger partial charge in [0, 0.05) is 12.5 Å². The summed E-state index contributed by atoms with van der Waals surface area (Å²) in [5, 5.41) is 17.8. The molecular weight excluding hydrogens is 202 g/mol. The first-order valence-electron chi connectivity index (χ1n) is 6.09. The first-order valence-corrected chi connectivity index (χ1v) is 6.09.